The van der Waals surface area contributed by atoms with Gasteiger partial charge in [-0.1, -0.05) is 67.3 Å². The van der Waals surface area contributed by atoms with E-state index >= 15 is 0 Å². The second-order valence-corrected chi connectivity index (χ2v) is 10.1. The van der Waals surface area contributed by atoms with Crippen LogP contribution in [0.4, 0.5) is 5.13 Å². The van der Waals surface area contributed by atoms with Gasteiger partial charge in [0.05, 0.1) is 5.75 Å². The van der Waals surface area contributed by atoms with Crippen LogP contribution in [0.1, 0.15) is 35.8 Å². The number of benzene rings is 1. The van der Waals surface area contributed by atoms with Crippen molar-refractivity contribution in [2.24, 2.45) is 0 Å². The zero-order chi connectivity index (χ0) is 20.5. The van der Waals surface area contributed by atoms with Gasteiger partial charge in [-0.25, -0.2) is 0 Å². The first-order chi connectivity index (χ1) is 14.1. The lowest BCUT2D eigenvalue weighted by molar-refractivity contribution is -0.118. The molecule has 1 amide bonds. The van der Waals surface area contributed by atoms with E-state index < -0.39 is 0 Å². The number of nitrogens with zero attached hydrogens (tertiary/aromatic N) is 2. The van der Waals surface area contributed by atoms with Gasteiger partial charge in [-0.05, 0) is 41.3 Å². The Morgan fingerprint density at radius 3 is 2.66 bits per heavy atom. The largest absolute Gasteiger partial charge is 0.360 e. The third-order valence-electron chi connectivity index (χ3n) is 4.34. The van der Waals surface area contributed by atoms with E-state index in [9.17, 15) is 4.79 Å². The Bertz CT molecular complexity index is 876. The summed E-state index contributed by atoms with van der Waals surface area (Å²) in [5.74, 6) is 0.921. The van der Waals surface area contributed by atoms with Crippen LogP contribution >= 0.6 is 34.4 Å². The Hall–Kier alpha value is -1.90. The first-order valence-electron chi connectivity index (χ1n) is 9.68. The number of rotatable bonds is 11. The summed E-state index contributed by atoms with van der Waals surface area (Å²) in [6, 6.07) is 12.8. The molecular formula is C21H26N4OS3. The summed E-state index contributed by atoms with van der Waals surface area (Å²) >= 11 is 4.68. The van der Waals surface area contributed by atoms with E-state index in [-0.39, 0.29) is 5.91 Å². The monoisotopic (exact) mass is 446 g/mol. The molecule has 0 saturated heterocycles. The highest BCUT2D eigenvalue weighted by atomic mass is 32.2. The number of anilines is 1. The van der Waals surface area contributed by atoms with Crippen LogP contribution in [0.25, 0.3) is 0 Å². The van der Waals surface area contributed by atoms with Crippen LogP contribution in [-0.4, -0.2) is 34.9 Å². The first-order valence-corrected chi connectivity index (χ1v) is 12.4. The van der Waals surface area contributed by atoms with Crippen LogP contribution < -0.4 is 10.6 Å². The summed E-state index contributed by atoms with van der Waals surface area (Å²) in [5.41, 5.74) is 2.58. The Morgan fingerprint density at radius 2 is 1.93 bits per heavy atom. The van der Waals surface area contributed by atoms with E-state index in [2.05, 4.69) is 76.5 Å². The second kappa shape index (κ2) is 11.3. The molecule has 154 valence electrons. The van der Waals surface area contributed by atoms with E-state index in [0.29, 0.717) is 18.2 Å². The van der Waals surface area contributed by atoms with E-state index in [0.717, 1.165) is 28.9 Å². The van der Waals surface area contributed by atoms with Crippen molar-refractivity contribution in [2.45, 2.75) is 36.9 Å². The fourth-order valence-electron chi connectivity index (χ4n) is 2.68. The molecule has 0 spiro atoms. The quantitative estimate of drug-likeness (QED) is 0.413. The van der Waals surface area contributed by atoms with Gasteiger partial charge in [0, 0.05) is 18.0 Å². The number of hydrogen-bond donors (Lipinski definition) is 2. The molecule has 3 rings (SSSR count). The van der Waals surface area contributed by atoms with Gasteiger partial charge in [0.2, 0.25) is 11.0 Å². The van der Waals surface area contributed by atoms with Crippen LogP contribution in [0.5, 0.6) is 0 Å². The Balaban J connectivity index is 1.31. The standard InChI is InChI=1S/C21H26N4OS3/c1-15(2)17-7-5-16(6-8-17)9-11-22-19(26)14-28-21-25-24-20(29-21)23-12-10-18-4-3-13-27-18/h3-8,13,15H,9-12,14H2,1-2H3,(H,22,26)(H,23,24). The van der Waals surface area contributed by atoms with Gasteiger partial charge in [0.15, 0.2) is 4.34 Å². The van der Waals surface area contributed by atoms with Gasteiger partial charge in [-0.15, -0.1) is 21.5 Å². The lowest BCUT2D eigenvalue weighted by Gasteiger charge is -2.07. The van der Waals surface area contributed by atoms with E-state index in [4.69, 9.17) is 0 Å². The van der Waals surface area contributed by atoms with E-state index in [1.807, 2.05) is 0 Å². The molecule has 0 fully saturated rings. The summed E-state index contributed by atoms with van der Waals surface area (Å²) in [6.45, 7) is 5.86. The van der Waals surface area contributed by atoms with Crippen LogP contribution in [0.15, 0.2) is 46.1 Å². The smallest absolute Gasteiger partial charge is 0.230 e. The fourth-order valence-corrected chi connectivity index (χ4v) is 5.00. The molecule has 0 bridgehead atoms. The highest BCUT2D eigenvalue weighted by Gasteiger charge is 2.08. The number of hydrogen-bond acceptors (Lipinski definition) is 7. The second-order valence-electron chi connectivity index (χ2n) is 6.91. The van der Waals surface area contributed by atoms with Crippen LogP contribution in [-0.2, 0) is 17.6 Å². The Labute approximate surface area is 184 Å². The summed E-state index contributed by atoms with van der Waals surface area (Å²) in [4.78, 5) is 13.4. The molecule has 2 aromatic heterocycles. The summed E-state index contributed by atoms with van der Waals surface area (Å²) in [5, 5.41) is 17.4. The molecule has 2 N–H and O–H groups in total. The van der Waals surface area contributed by atoms with Crippen molar-refractivity contribution in [2.75, 3.05) is 24.2 Å². The average Bonchev–Trinajstić information content (AvgIpc) is 3.39. The molecule has 0 aliphatic heterocycles. The van der Waals surface area contributed by atoms with Crippen LogP contribution in [0.3, 0.4) is 0 Å². The zero-order valence-corrected chi connectivity index (χ0v) is 19.1. The van der Waals surface area contributed by atoms with E-state index in [1.54, 1.807) is 11.3 Å². The lowest BCUT2D eigenvalue weighted by atomic mass is 10.0. The molecular weight excluding hydrogens is 420 g/mol. The fraction of sp³-hybridized carbons (Fsp3) is 0.381. The first kappa shape index (κ1) is 21.8. The number of thiophene rings is 1. The lowest BCUT2D eigenvalue weighted by Crippen LogP contribution is -2.27. The van der Waals surface area contributed by atoms with Crippen molar-refractivity contribution < 1.29 is 4.79 Å². The van der Waals surface area contributed by atoms with Gasteiger partial charge in [-0.3, -0.25) is 4.79 Å². The molecule has 3 aromatic rings. The topological polar surface area (TPSA) is 66.9 Å². The number of nitrogens with one attached hydrogen (secondary N) is 2. The molecule has 0 saturated carbocycles. The zero-order valence-electron chi connectivity index (χ0n) is 16.7. The molecule has 1 aromatic carbocycles. The number of aromatic nitrogens is 2. The Kier molecular flexibility index (Phi) is 8.52. The maximum absolute atomic E-state index is 12.1. The van der Waals surface area contributed by atoms with Crippen molar-refractivity contribution in [1.82, 2.24) is 15.5 Å². The minimum absolute atomic E-state index is 0.0243. The minimum atomic E-state index is 0.0243. The van der Waals surface area contributed by atoms with Gasteiger partial charge < -0.3 is 10.6 Å². The molecule has 0 aliphatic carbocycles. The van der Waals surface area contributed by atoms with Gasteiger partial charge in [-0.2, -0.15) is 0 Å². The predicted molar refractivity (Wildman–Crippen MR) is 124 cm³/mol. The maximum Gasteiger partial charge on any atom is 0.230 e. The minimum Gasteiger partial charge on any atom is -0.360 e. The maximum atomic E-state index is 12.1. The highest BCUT2D eigenvalue weighted by molar-refractivity contribution is 8.01. The van der Waals surface area contributed by atoms with Crippen molar-refractivity contribution in [3.63, 3.8) is 0 Å². The van der Waals surface area contributed by atoms with E-state index in [1.165, 1.54) is 39.1 Å². The molecule has 5 nitrogen and oxygen atoms in total. The predicted octanol–water partition coefficient (Wildman–Crippen LogP) is 4.83. The number of amides is 1. The van der Waals surface area contributed by atoms with Crippen LogP contribution in [0.2, 0.25) is 0 Å². The number of carbonyl (C=O) groups excluding carboxylic acids is 1. The molecule has 0 aliphatic rings. The molecule has 0 unspecified atom stereocenters. The van der Waals surface area contributed by atoms with Gasteiger partial charge in [0.25, 0.3) is 0 Å². The molecule has 2 heterocycles. The average molecular weight is 447 g/mol. The molecule has 8 heteroatoms. The van der Waals surface area contributed by atoms with Crippen molar-refractivity contribution in [3.8, 4) is 0 Å². The van der Waals surface area contributed by atoms with Crippen LogP contribution in [0, 0.1) is 0 Å². The summed E-state index contributed by atoms with van der Waals surface area (Å²) in [7, 11) is 0. The summed E-state index contributed by atoms with van der Waals surface area (Å²) < 4.78 is 0.808. The van der Waals surface area contributed by atoms with Crippen molar-refractivity contribution >= 4 is 45.5 Å². The molecule has 0 radical (unpaired) electrons. The summed E-state index contributed by atoms with van der Waals surface area (Å²) in [6.07, 6.45) is 1.81. The van der Waals surface area contributed by atoms with Gasteiger partial charge >= 0.3 is 0 Å². The van der Waals surface area contributed by atoms with Crippen molar-refractivity contribution in [3.05, 3.63) is 57.8 Å². The van der Waals surface area contributed by atoms with Gasteiger partial charge in [0.1, 0.15) is 0 Å². The third kappa shape index (κ3) is 7.45. The Morgan fingerprint density at radius 1 is 1.10 bits per heavy atom. The molecule has 29 heavy (non-hydrogen) atoms. The third-order valence-corrected chi connectivity index (χ3v) is 7.29. The number of carbonyl (C=O) groups is 1. The normalized spacial score (nSPS) is 11.0. The number of thioether (sulfide) groups is 1. The van der Waals surface area contributed by atoms with Crippen molar-refractivity contribution in [1.29, 1.82) is 0 Å². The highest BCUT2D eigenvalue weighted by Crippen LogP contribution is 2.25. The SMILES string of the molecule is CC(C)c1ccc(CCNC(=O)CSc2nnc(NCCc3cccs3)s2)cc1. The molecule has 0 atom stereocenters.